The molecule has 0 spiro atoms. The summed E-state index contributed by atoms with van der Waals surface area (Å²) in [5, 5.41) is 20.9. The van der Waals surface area contributed by atoms with Crippen LogP contribution in [0.25, 0.3) is 0 Å². The first-order valence-electron chi connectivity index (χ1n) is 11.8. The number of nitrogens with zero attached hydrogens (tertiary/aromatic N) is 5. The number of rotatable bonds is 5. The Morgan fingerprint density at radius 2 is 1.78 bits per heavy atom. The van der Waals surface area contributed by atoms with Gasteiger partial charge in [0, 0.05) is 32.2 Å². The fourth-order valence-corrected chi connectivity index (χ4v) is 4.43. The number of amides is 2. The van der Waals surface area contributed by atoms with E-state index in [-0.39, 0.29) is 29.5 Å². The van der Waals surface area contributed by atoms with Crippen LogP contribution < -0.4 is 15.0 Å². The van der Waals surface area contributed by atoms with Crippen LogP contribution >= 0.6 is 0 Å². The molecule has 1 saturated carbocycles. The average Bonchev–Trinajstić information content (AvgIpc) is 2.89. The third kappa shape index (κ3) is 6.38. The number of halogens is 3. The smallest absolute Gasteiger partial charge is 0.417 e. The number of ether oxygens (including phenoxy) is 1. The summed E-state index contributed by atoms with van der Waals surface area (Å²) >= 11 is 0. The molecule has 1 saturated heterocycles. The van der Waals surface area contributed by atoms with Crippen molar-refractivity contribution in [3.8, 4) is 11.8 Å². The molecule has 2 amide bonds. The highest BCUT2D eigenvalue weighted by Gasteiger charge is 2.34. The molecule has 1 aliphatic heterocycles. The fourth-order valence-electron chi connectivity index (χ4n) is 4.43. The first kappa shape index (κ1) is 26.0. The lowest BCUT2D eigenvalue weighted by Gasteiger charge is -2.33. The van der Waals surface area contributed by atoms with Gasteiger partial charge in [0.15, 0.2) is 0 Å². The molecule has 0 radical (unpaired) electrons. The third-order valence-corrected chi connectivity index (χ3v) is 6.47. The molecule has 0 unspecified atom stereocenters. The van der Waals surface area contributed by atoms with Crippen LogP contribution in [0.1, 0.15) is 47.3 Å². The van der Waals surface area contributed by atoms with Gasteiger partial charge in [0.25, 0.3) is 5.91 Å². The Kier molecular flexibility index (Phi) is 7.66. The lowest BCUT2D eigenvalue weighted by molar-refractivity contribution is -0.137. The first-order valence-corrected chi connectivity index (χ1v) is 11.8. The summed E-state index contributed by atoms with van der Waals surface area (Å²) in [6, 6.07) is 4.72. The van der Waals surface area contributed by atoms with Crippen LogP contribution in [-0.4, -0.2) is 70.3 Å². The maximum atomic E-state index is 13.2. The van der Waals surface area contributed by atoms with Gasteiger partial charge in [0.1, 0.15) is 17.3 Å². The second-order valence-corrected chi connectivity index (χ2v) is 8.90. The number of carbonyl (C=O) groups excluding carboxylic acids is 1. The van der Waals surface area contributed by atoms with Gasteiger partial charge in [-0.15, -0.1) is 0 Å². The van der Waals surface area contributed by atoms with Crippen molar-refractivity contribution in [1.82, 2.24) is 20.2 Å². The van der Waals surface area contributed by atoms with E-state index in [9.17, 15) is 22.8 Å². The topological polar surface area (TPSA) is 132 Å². The summed E-state index contributed by atoms with van der Waals surface area (Å²) in [6.45, 7) is 1.69. The summed E-state index contributed by atoms with van der Waals surface area (Å²) in [4.78, 5) is 35.4. The Bertz CT molecular complexity index is 1170. The number of carboxylic acid groups (broad SMARTS) is 1. The van der Waals surface area contributed by atoms with Gasteiger partial charge in [0.2, 0.25) is 0 Å². The van der Waals surface area contributed by atoms with Crippen molar-refractivity contribution in [2.45, 2.75) is 44.0 Å². The normalized spacial score (nSPS) is 20.2. The zero-order valence-corrected chi connectivity index (χ0v) is 19.7. The Morgan fingerprint density at radius 3 is 2.35 bits per heavy atom. The van der Waals surface area contributed by atoms with Crippen molar-refractivity contribution in [2.24, 2.45) is 0 Å². The molecule has 1 aromatic carbocycles. The number of carbonyl (C=O) groups is 2. The molecule has 196 valence electrons. The van der Waals surface area contributed by atoms with Crippen LogP contribution in [0.15, 0.2) is 30.6 Å². The van der Waals surface area contributed by atoms with E-state index in [1.807, 2.05) is 4.90 Å². The number of anilines is 1. The summed E-state index contributed by atoms with van der Waals surface area (Å²) < 4.78 is 45.3. The van der Waals surface area contributed by atoms with Crippen LogP contribution in [0.4, 0.5) is 23.8 Å². The molecule has 37 heavy (non-hydrogen) atoms. The van der Waals surface area contributed by atoms with Crippen LogP contribution in [0.2, 0.25) is 0 Å². The fraction of sp³-hybridized carbons (Fsp3) is 0.458. The quantitative estimate of drug-likeness (QED) is 0.617. The SMILES string of the molecule is N#Cc1ccc(OC2CCC(NC(=O)c3cnc(N4CCN(C(=O)O)CC4)cn3)CC2)cc1C(F)(F)F. The largest absolute Gasteiger partial charge is 0.490 e. The standard InChI is InChI=1S/C24H25F3N6O4/c25-24(26,27)19-11-18(4-1-15(19)12-28)37-17-5-2-16(3-6-17)31-22(34)20-13-30-21(14-29-20)32-7-9-33(10-8-32)23(35)36/h1,4,11,13-14,16-17H,2-3,5-10H2,(H,31,34)(H,35,36). The molecule has 2 aliphatic rings. The average molecular weight is 518 g/mol. The number of nitriles is 1. The van der Waals surface area contributed by atoms with Gasteiger partial charge in [-0.2, -0.15) is 18.4 Å². The van der Waals surface area contributed by atoms with Crippen molar-refractivity contribution in [2.75, 3.05) is 31.1 Å². The van der Waals surface area contributed by atoms with E-state index in [2.05, 4.69) is 15.3 Å². The van der Waals surface area contributed by atoms with Crippen molar-refractivity contribution >= 4 is 17.8 Å². The number of aromatic nitrogens is 2. The first-order chi connectivity index (χ1) is 17.6. The minimum Gasteiger partial charge on any atom is -0.490 e. The van der Waals surface area contributed by atoms with Crippen LogP contribution in [0.5, 0.6) is 5.75 Å². The molecule has 2 heterocycles. The van der Waals surface area contributed by atoms with Crippen LogP contribution in [0, 0.1) is 11.3 Å². The van der Waals surface area contributed by atoms with Gasteiger partial charge in [-0.1, -0.05) is 0 Å². The summed E-state index contributed by atoms with van der Waals surface area (Å²) in [5.74, 6) is 0.246. The molecule has 0 atom stereocenters. The molecule has 2 fully saturated rings. The molecule has 1 aliphatic carbocycles. The van der Waals surface area contributed by atoms with Crippen molar-refractivity contribution in [3.05, 3.63) is 47.4 Å². The van der Waals surface area contributed by atoms with E-state index in [0.29, 0.717) is 57.7 Å². The van der Waals surface area contributed by atoms with Crippen LogP contribution in [0.3, 0.4) is 0 Å². The highest BCUT2D eigenvalue weighted by Crippen LogP contribution is 2.35. The van der Waals surface area contributed by atoms with Crippen molar-refractivity contribution in [3.63, 3.8) is 0 Å². The molecular formula is C24H25F3N6O4. The number of alkyl halides is 3. The second-order valence-electron chi connectivity index (χ2n) is 8.90. The number of benzene rings is 1. The van der Waals surface area contributed by atoms with E-state index in [1.165, 1.54) is 23.4 Å². The lowest BCUT2D eigenvalue weighted by Crippen LogP contribution is -2.48. The van der Waals surface area contributed by atoms with Crippen molar-refractivity contribution in [1.29, 1.82) is 5.26 Å². The zero-order valence-electron chi connectivity index (χ0n) is 19.7. The van der Waals surface area contributed by atoms with Gasteiger partial charge in [-0.3, -0.25) is 4.79 Å². The number of hydrogen-bond acceptors (Lipinski definition) is 7. The van der Waals surface area contributed by atoms with E-state index in [4.69, 9.17) is 15.1 Å². The van der Waals surface area contributed by atoms with Crippen molar-refractivity contribution < 1.29 is 32.6 Å². The monoisotopic (exact) mass is 518 g/mol. The zero-order chi connectivity index (χ0) is 26.6. The van der Waals surface area contributed by atoms with Crippen LogP contribution in [-0.2, 0) is 6.18 Å². The number of hydrogen-bond donors (Lipinski definition) is 2. The summed E-state index contributed by atoms with van der Waals surface area (Å²) in [7, 11) is 0. The molecule has 4 rings (SSSR count). The third-order valence-electron chi connectivity index (χ3n) is 6.47. The molecule has 2 N–H and O–H groups in total. The summed E-state index contributed by atoms with van der Waals surface area (Å²) in [6.07, 6.45) is -0.793. The van der Waals surface area contributed by atoms with Gasteiger partial charge < -0.3 is 25.0 Å². The van der Waals surface area contributed by atoms with E-state index < -0.39 is 23.4 Å². The lowest BCUT2D eigenvalue weighted by atomic mass is 9.92. The molecular weight excluding hydrogens is 493 g/mol. The molecule has 10 nitrogen and oxygen atoms in total. The number of nitrogens with one attached hydrogen (secondary N) is 1. The minimum atomic E-state index is -4.65. The second kappa shape index (κ2) is 10.9. The molecule has 13 heteroatoms. The highest BCUT2D eigenvalue weighted by molar-refractivity contribution is 5.92. The predicted molar refractivity (Wildman–Crippen MR) is 124 cm³/mol. The van der Waals surface area contributed by atoms with E-state index in [1.54, 1.807) is 6.07 Å². The predicted octanol–water partition coefficient (Wildman–Crippen LogP) is 3.29. The van der Waals surface area contributed by atoms with E-state index >= 15 is 0 Å². The van der Waals surface area contributed by atoms with Gasteiger partial charge in [-0.05, 0) is 43.9 Å². The maximum Gasteiger partial charge on any atom is 0.417 e. The van der Waals surface area contributed by atoms with Gasteiger partial charge >= 0.3 is 12.3 Å². The molecule has 0 bridgehead atoms. The Hall–Kier alpha value is -4.08. The van der Waals surface area contributed by atoms with Gasteiger partial charge in [-0.25, -0.2) is 14.8 Å². The van der Waals surface area contributed by atoms with Gasteiger partial charge in [0.05, 0.1) is 35.7 Å². The highest BCUT2D eigenvalue weighted by atomic mass is 19.4. The Labute approximate surface area is 210 Å². The minimum absolute atomic E-state index is 0.0542. The summed E-state index contributed by atoms with van der Waals surface area (Å²) in [5.41, 5.74) is -1.32. The molecule has 2 aromatic rings. The number of piperazine rings is 1. The Morgan fingerprint density at radius 1 is 1.08 bits per heavy atom. The maximum absolute atomic E-state index is 13.2. The van der Waals surface area contributed by atoms with E-state index in [0.717, 1.165) is 12.1 Å². The Balaban J connectivity index is 1.26. The molecule has 1 aromatic heterocycles.